The van der Waals surface area contributed by atoms with E-state index in [-0.39, 0.29) is 32.2 Å². The highest BCUT2D eigenvalue weighted by atomic mass is 16.7. The van der Waals surface area contributed by atoms with Gasteiger partial charge >= 0.3 is 17.9 Å². The molecule has 0 aromatic heterocycles. The molecule has 53 heavy (non-hydrogen) atoms. The van der Waals surface area contributed by atoms with Gasteiger partial charge < -0.3 is 28.5 Å². The molecule has 0 radical (unpaired) electrons. The van der Waals surface area contributed by atoms with Crippen molar-refractivity contribution in [2.75, 3.05) is 47.5 Å². The molecule has 0 bridgehead atoms. The molecule has 2 atom stereocenters. The minimum atomic E-state index is -1.52. The fourth-order valence-corrected chi connectivity index (χ4v) is 5.09. The number of hydrogen-bond acceptors (Lipinski definition) is 7. The van der Waals surface area contributed by atoms with E-state index >= 15 is 0 Å². The number of carbonyl (C=O) groups is 3. The van der Waals surface area contributed by atoms with Crippen molar-refractivity contribution in [1.82, 2.24) is 0 Å². The Balaban J connectivity index is 4.54. The molecule has 0 aromatic rings. The molecule has 9 heteroatoms. The lowest BCUT2D eigenvalue weighted by Gasteiger charge is -2.25. The molecule has 0 amide bonds. The van der Waals surface area contributed by atoms with Gasteiger partial charge in [-0.25, -0.2) is 4.79 Å². The third-order valence-corrected chi connectivity index (χ3v) is 8.29. The van der Waals surface area contributed by atoms with E-state index in [9.17, 15) is 19.5 Å². The van der Waals surface area contributed by atoms with Gasteiger partial charge in [0.15, 0.2) is 6.10 Å². The quantitative estimate of drug-likeness (QED) is 0.0222. The van der Waals surface area contributed by atoms with Crippen LogP contribution in [-0.4, -0.2) is 87.4 Å². The molecule has 0 spiro atoms. The lowest BCUT2D eigenvalue weighted by Crippen LogP contribution is -2.40. The number of ether oxygens (including phenoxy) is 4. The number of carboxylic acids is 1. The van der Waals surface area contributed by atoms with Gasteiger partial charge in [-0.05, 0) is 57.8 Å². The molecule has 0 heterocycles. The van der Waals surface area contributed by atoms with Crippen molar-refractivity contribution in [3.05, 3.63) is 60.8 Å². The summed E-state index contributed by atoms with van der Waals surface area (Å²) in [7, 11) is 5.93. The Morgan fingerprint density at radius 1 is 0.585 bits per heavy atom. The number of likely N-dealkylation sites (N-methyl/N-ethyl adjacent to an activating group) is 1. The summed E-state index contributed by atoms with van der Waals surface area (Å²) in [4.78, 5) is 36.9. The Morgan fingerprint density at radius 2 is 1.08 bits per heavy atom. The number of quaternary nitrogens is 1. The summed E-state index contributed by atoms with van der Waals surface area (Å²) in [6.07, 6.45) is 38.6. The Morgan fingerprint density at radius 3 is 1.60 bits per heavy atom. The van der Waals surface area contributed by atoms with Gasteiger partial charge in [0.05, 0.1) is 34.4 Å². The molecular formula is C44H76NO8+. The van der Waals surface area contributed by atoms with E-state index in [0.29, 0.717) is 23.9 Å². The third-order valence-electron chi connectivity index (χ3n) is 8.29. The summed E-state index contributed by atoms with van der Waals surface area (Å²) in [5.74, 6) is -2.06. The molecule has 2 unspecified atom stereocenters. The van der Waals surface area contributed by atoms with Crippen LogP contribution in [-0.2, 0) is 33.3 Å². The monoisotopic (exact) mass is 747 g/mol. The van der Waals surface area contributed by atoms with E-state index in [0.717, 1.165) is 70.6 Å². The fourth-order valence-electron chi connectivity index (χ4n) is 5.09. The van der Waals surface area contributed by atoms with Gasteiger partial charge in [-0.2, -0.15) is 0 Å². The molecule has 0 saturated carbocycles. The highest BCUT2D eigenvalue weighted by Crippen LogP contribution is 2.12. The average Bonchev–Trinajstić information content (AvgIpc) is 3.11. The van der Waals surface area contributed by atoms with Crippen LogP contribution in [0.4, 0.5) is 0 Å². The summed E-state index contributed by atoms with van der Waals surface area (Å²) >= 11 is 0. The second kappa shape index (κ2) is 36.0. The molecule has 0 saturated heterocycles. The number of esters is 2. The van der Waals surface area contributed by atoms with Crippen molar-refractivity contribution in [2.45, 2.75) is 155 Å². The van der Waals surface area contributed by atoms with E-state index in [1.165, 1.54) is 38.5 Å². The first kappa shape index (κ1) is 50.0. The molecule has 0 aliphatic rings. The molecular weight excluding hydrogens is 670 g/mol. The molecule has 0 fully saturated rings. The minimum Gasteiger partial charge on any atom is -0.477 e. The first-order valence-electron chi connectivity index (χ1n) is 20.5. The smallest absolute Gasteiger partial charge is 0.361 e. The summed E-state index contributed by atoms with van der Waals surface area (Å²) in [6, 6.07) is 0. The number of carbonyl (C=O) groups excluding carboxylic acids is 2. The zero-order valence-electron chi connectivity index (χ0n) is 34.2. The zero-order chi connectivity index (χ0) is 39.3. The maximum atomic E-state index is 12.7. The molecule has 304 valence electrons. The van der Waals surface area contributed by atoms with E-state index in [2.05, 4.69) is 74.6 Å². The highest BCUT2D eigenvalue weighted by molar-refractivity contribution is 5.71. The third kappa shape index (κ3) is 37.1. The molecule has 1 N–H and O–H groups in total. The largest absolute Gasteiger partial charge is 0.477 e. The van der Waals surface area contributed by atoms with E-state index in [4.69, 9.17) is 18.9 Å². The summed E-state index contributed by atoms with van der Waals surface area (Å²) in [5.41, 5.74) is 0. The number of rotatable bonds is 36. The maximum Gasteiger partial charge on any atom is 0.361 e. The second-order valence-corrected chi connectivity index (χ2v) is 14.6. The fraction of sp³-hybridized carbons (Fsp3) is 0.705. The van der Waals surface area contributed by atoms with Crippen LogP contribution in [0.15, 0.2) is 60.8 Å². The van der Waals surface area contributed by atoms with E-state index in [1.54, 1.807) is 0 Å². The highest BCUT2D eigenvalue weighted by Gasteiger charge is 2.25. The van der Waals surface area contributed by atoms with Gasteiger partial charge in [0, 0.05) is 12.8 Å². The lowest BCUT2D eigenvalue weighted by atomic mass is 10.1. The van der Waals surface area contributed by atoms with Crippen molar-refractivity contribution >= 4 is 17.9 Å². The van der Waals surface area contributed by atoms with Gasteiger partial charge in [-0.15, -0.1) is 0 Å². The average molecular weight is 747 g/mol. The summed E-state index contributed by atoms with van der Waals surface area (Å²) in [6.45, 7) is 4.66. The molecule has 0 aromatic carbocycles. The minimum absolute atomic E-state index is 0.179. The van der Waals surface area contributed by atoms with Crippen molar-refractivity contribution in [2.24, 2.45) is 0 Å². The normalized spacial score (nSPS) is 13.6. The van der Waals surface area contributed by atoms with Crippen LogP contribution < -0.4 is 0 Å². The van der Waals surface area contributed by atoms with Gasteiger partial charge in [0.2, 0.25) is 0 Å². The predicted octanol–water partition coefficient (Wildman–Crippen LogP) is 10.2. The molecule has 0 aliphatic heterocycles. The first-order chi connectivity index (χ1) is 25.6. The first-order valence-corrected chi connectivity index (χ1v) is 20.5. The topological polar surface area (TPSA) is 108 Å². The number of hydrogen-bond donors (Lipinski definition) is 1. The summed E-state index contributed by atoms with van der Waals surface area (Å²) < 4.78 is 22.6. The van der Waals surface area contributed by atoms with Crippen molar-refractivity contribution in [3.63, 3.8) is 0 Å². The van der Waals surface area contributed by atoms with Crippen LogP contribution in [0.25, 0.3) is 0 Å². The Hall–Kier alpha value is -3.01. The van der Waals surface area contributed by atoms with Crippen LogP contribution in [0.1, 0.15) is 142 Å². The number of aliphatic carboxylic acids is 1. The van der Waals surface area contributed by atoms with Gasteiger partial charge in [0.25, 0.3) is 6.29 Å². The number of nitrogens with zero attached hydrogens (tertiary/aromatic N) is 1. The zero-order valence-corrected chi connectivity index (χ0v) is 34.2. The molecule has 0 aliphatic carbocycles. The van der Waals surface area contributed by atoms with Crippen molar-refractivity contribution in [1.29, 1.82) is 0 Å². The Kier molecular flexibility index (Phi) is 33.9. The molecule has 9 nitrogen and oxygen atoms in total. The number of unbranched alkanes of at least 4 members (excludes halogenated alkanes) is 11. The predicted molar refractivity (Wildman–Crippen MR) is 216 cm³/mol. The van der Waals surface area contributed by atoms with Crippen LogP contribution in [0.2, 0.25) is 0 Å². The van der Waals surface area contributed by atoms with Gasteiger partial charge in [0.1, 0.15) is 13.2 Å². The van der Waals surface area contributed by atoms with Gasteiger partial charge in [-0.3, -0.25) is 9.59 Å². The SMILES string of the molecule is CC/C=C\C/C=C\C/C=C\C/C=C\C/C=C\CCCCCC(=O)OC(COC(=O)CCCCCCCCCCC)COC(OCC[N+](C)(C)C)C(=O)O. The van der Waals surface area contributed by atoms with Crippen LogP contribution in [0.5, 0.6) is 0 Å². The number of allylic oxidation sites excluding steroid dienone is 10. The second-order valence-electron chi connectivity index (χ2n) is 14.6. The summed E-state index contributed by atoms with van der Waals surface area (Å²) in [5, 5.41) is 9.59. The van der Waals surface area contributed by atoms with E-state index in [1.807, 2.05) is 21.1 Å². The number of carboxylic acid groups (broad SMARTS) is 1. The maximum absolute atomic E-state index is 12.7. The molecule has 0 rings (SSSR count). The van der Waals surface area contributed by atoms with Crippen LogP contribution in [0.3, 0.4) is 0 Å². The Labute approximate surface area is 323 Å². The standard InChI is InChI=1S/C44H75NO8/c1-6-8-10-12-14-16-17-18-19-20-21-22-23-24-25-27-29-31-33-35-42(47)53-40(39-52-44(43(48)49)50-37-36-45(3,4)5)38-51-41(46)34-32-30-28-26-15-13-11-9-7-2/h8,10,14,16,18-19,21-22,24-25,40,44H,6-7,9,11-13,15,17,20,23,26-39H2,1-5H3/p+1/b10-8-,16-14-,19-18-,22-21-,25-24-. The van der Waals surface area contributed by atoms with Gasteiger partial charge in [-0.1, -0.05) is 132 Å². The lowest BCUT2D eigenvalue weighted by molar-refractivity contribution is -0.870. The van der Waals surface area contributed by atoms with Crippen molar-refractivity contribution < 1.29 is 42.9 Å². The van der Waals surface area contributed by atoms with E-state index < -0.39 is 24.3 Å². The van der Waals surface area contributed by atoms with Crippen LogP contribution >= 0.6 is 0 Å². The van der Waals surface area contributed by atoms with Crippen molar-refractivity contribution in [3.8, 4) is 0 Å². The van der Waals surface area contributed by atoms with Crippen LogP contribution in [0, 0.1) is 0 Å². The Bertz CT molecular complexity index is 1060.